The Morgan fingerprint density at radius 1 is 1.47 bits per heavy atom. The third-order valence-electron chi connectivity index (χ3n) is 2.77. The number of hydrogen-bond donors (Lipinski definition) is 2. The van der Waals surface area contributed by atoms with Crippen LogP contribution in [0.15, 0.2) is 0 Å². The summed E-state index contributed by atoms with van der Waals surface area (Å²) in [6.45, 7) is 7.77. The van der Waals surface area contributed by atoms with Crippen LogP contribution in [0.4, 0.5) is 0 Å². The Hall–Kier alpha value is -0.490. The molecule has 0 bridgehead atoms. The lowest BCUT2D eigenvalue weighted by atomic mass is 10.1. The third kappa shape index (κ3) is 5.12. The van der Waals surface area contributed by atoms with Gasteiger partial charge in [0.2, 0.25) is 0 Å². The molecule has 4 nitrogen and oxygen atoms in total. The molecule has 98 valence electrons. The molecule has 0 aliphatic heterocycles. The number of hydrazine groups is 1. The highest BCUT2D eigenvalue weighted by molar-refractivity contribution is 7.11. The molecule has 0 spiro atoms. The van der Waals surface area contributed by atoms with E-state index in [1.165, 1.54) is 9.88 Å². The molecule has 17 heavy (non-hydrogen) atoms. The van der Waals surface area contributed by atoms with Crippen molar-refractivity contribution >= 4 is 11.3 Å². The zero-order chi connectivity index (χ0) is 12.7. The molecule has 0 saturated carbocycles. The highest BCUT2D eigenvalue weighted by atomic mass is 32.1. The van der Waals surface area contributed by atoms with Crippen LogP contribution in [-0.2, 0) is 11.2 Å². The Labute approximate surface area is 108 Å². The molecule has 1 rings (SSSR count). The lowest BCUT2D eigenvalue weighted by molar-refractivity contribution is 0.140. The summed E-state index contributed by atoms with van der Waals surface area (Å²) < 4.78 is 5.32. The van der Waals surface area contributed by atoms with Crippen molar-refractivity contribution in [2.45, 2.75) is 46.1 Å². The quantitative estimate of drug-likeness (QED) is 0.424. The van der Waals surface area contributed by atoms with Gasteiger partial charge in [0.05, 0.1) is 10.7 Å². The van der Waals surface area contributed by atoms with E-state index in [1.807, 2.05) is 6.92 Å². The van der Waals surface area contributed by atoms with Crippen molar-refractivity contribution < 1.29 is 4.74 Å². The fourth-order valence-electron chi connectivity index (χ4n) is 1.66. The van der Waals surface area contributed by atoms with Crippen LogP contribution >= 0.6 is 11.3 Å². The van der Waals surface area contributed by atoms with Crippen LogP contribution in [0, 0.1) is 13.8 Å². The Morgan fingerprint density at radius 3 is 2.76 bits per heavy atom. The van der Waals surface area contributed by atoms with Gasteiger partial charge < -0.3 is 4.74 Å². The number of aryl methyl sites for hydroxylation is 2. The van der Waals surface area contributed by atoms with Gasteiger partial charge >= 0.3 is 0 Å². The summed E-state index contributed by atoms with van der Waals surface area (Å²) in [5.41, 5.74) is 4.00. The summed E-state index contributed by atoms with van der Waals surface area (Å²) in [6.07, 6.45) is 2.96. The minimum atomic E-state index is 0.292. The molecule has 0 amide bonds. The molecule has 0 aliphatic carbocycles. The lowest BCUT2D eigenvalue weighted by Crippen LogP contribution is -2.36. The summed E-state index contributed by atoms with van der Waals surface area (Å²) in [6, 6.07) is 0.292. The maximum atomic E-state index is 5.57. The first-order valence-electron chi connectivity index (χ1n) is 6.14. The van der Waals surface area contributed by atoms with E-state index >= 15 is 0 Å². The van der Waals surface area contributed by atoms with Gasteiger partial charge in [0.25, 0.3) is 0 Å². The van der Waals surface area contributed by atoms with Crippen LogP contribution in [0.25, 0.3) is 0 Å². The number of aromatic nitrogens is 1. The van der Waals surface area contributed by atoms with Crippen molar-refractivity contribution in [3.8, 4) is 0 Å². The SMILES string of the molecule is CCOCCCC(Cc1nc(C)c(C)s1)NN. The van der Waals surface area contributed by atoms with E-state index in [0.717, 1.165) is 38.2 Å². The molecule has 0 aliphatic rings. The predicted octanol–water partition coefficient (Wildman–Crippen LogP) is 1.95. The van der Waals surface area contributed by atoms with Crippen LogP contribution < -0.4 is 11.3 Å². The fraction of sp³-hybridized carbons (Fsp3) is 0.750. The summed E-state index contributed by atoms with van der Waals surface area (Å²) >= 11 is 1.76. The summed E-state index contributed by atoms with van der Waals surface area (Å²) in [7, 11) is 0. The van der Waals surface area contributed by atoms with Gasteiger partial charge in [-0.3, -0.25) is 11.3 Å². The minimum absolute atomic E-state index is 0.292. The van der Waals surface area contributed by atoms with E-state index in [9.17, 15) is 0 Å². The van der Waals surface area contributed by atoms with Crippen molar-refractivity contribution in [1.82, 2.24) is 10.4 Å². The first-order chi connectivity index (χ1) is 8.17. The Bertz CT molecular complexity index is 308. The van der Waals surface area contributed by atoms with Gasteiger partial charge in [0, 0.05) is 30.6 Å². The second kappa shape index (κ2) is 7.76. The van der Waals surface area contributed by atoms with E-state index in [0.29, 0.717) is 6.04 Å². The van der Waals surface area contributed by atoms with E-state index in [1.54, 1.807) is 11.3 Å². The molecule has 5 heteroatoms. The highest BCUT2D eigenvalue weighted by Gasteiger charge is 2.11. The van der Waals surface area contributed by atoms with Crippen LogP contribution in [0.1, 0.15) is 35.3 Å². The number of rotatable bonds is 8. The normalized spacial score (nSPS) is 12.9. The van der Waals surface area contributed by atoms with Crippen molar-refractivity contribution in [1.29, 1.82) is 0 Å². The van der Waals surface area contributed by atoms with Crippen LogP contribution in [0.2, 0.25) is 0 Å². The number of thiazole rings is 1. The lowest BCUT2D eigenvalue weighted by Gasteiger charge is -2.14. The second-order valence-corrected chi connectivity index (χ2v) is 5.44. The molecule has 1 aromatic heterocycles. The van der Waals surface area contributed by atoms with Crippen LogP contribution in [0.3, 0.4) is 0 Å². The zero-order valence-electron chi connectivity index (χ0n) is 11.0. The Morgan fingerprint density at radius 2 is 2.24 bits per heavy atom. The largest absolute Gasteiger partial charge is 0.382 e. The number of hydrogen-bond acceptors (Lipinski definition) is 5. The maximum Gasteiger partial charge on any atom is 0.0946 e. The smallest absolute Gasteiger partial charge is 0.0946 e. The van der Waals surface area contributed by atoms with Crippen molar-refractivity contribution in [2.24, 2.45) is 5.84 Å². The standard InChI is InChI=1S/C12H23N3OS/c1-4-16-7-5-6-11(15-13)8-12-14-9(2)10(3)17-12/h11,15H,4-8,13H2,1-3H3. The molecular weight excluding hydrogens is 234 g/mol. The summed E-state index contributed by atoms with van der Waals surface area (Å²) in [4.78, 5) is 5.83. The van der Waals surface area contributed by atoms with E-state index < -0.39 is 0 Å². The topological polar surface area (TPSA) is 60.2 Å². The molecule has 3 N–H and O–H groups in total. The van der Waals surface area contributed by atoms with Gasteiger partial charge in [0.15, 0.2) is 0 Å². The zero-order valence-corrected chi connectivity index (χ0v) is 11.8. The monoisotopic (exact) mass is 257 g/mol. The summed E-state index contributed by atoms with van der Waals surface area (Å²) in [5, 5.41) is 1.17. The first kappa shape index (κ1) is 14.6. The van der Waals surface area contributed by atoms with Gasteiger partial charge in [0.1, 0.15) is 0 Å². The van der Waals surface area contributed by atoms with Crippen molar-refractivity contribution in [3.63, 3.8) is 0 Å². The summed E-state index contributed by atoms with van der Waals surface area (Å²) in [5.74, 6) is 5.57. The van der Waals surface area contributed by atoms with Crippen LogP contribution in [-0.4, -0.2) is 24.2 Å². The average Bonchev–Trinajstić information content (AvgIpc) is 2.62. The second-order valence-electron chi connectivity index (χ2n) is 4.16. The fourth-order valence-corrected chi connectivity index (χ4v) is 2.67. The molecule has 0 fully saturated rings. The van der Waals surface area contributed by atoms with Gasteiger partial charge in [-0.15, -0.1) is 11.3 Å². The molecule has 1 heterocycles. The van der Waals surface area contributed by atoms with Gasteiger partial charge in [-0.1, -0.05) is 0 Å². The number of nitrogens with one attached hydrogen (secondary N) is 1. The number of nitrogens with zero attached hydrogens (tertiary/aromatic N) is 1. The number of nitrogens with two attached hydrogens (primary N) is 1. The van der Waals surface area contributed by atoms with E-state index in [-0.39, 0.29) is 0 Å². The molecule has 1 aromatic rings. The van der Waals surface area contributed by atoms with Gasteiger partial charge in [-0.05, 0) is 33.6 Å². The van der Waals surface area contributed by atoms with Crippen molar-refractivity contribution in [3.05, 3.63) is 15.6 Å². The molecule has 1 unspecified atom stereocenters. The Balaban J connectivity index is 2.35. The molecule has 0 saturated heterocycles. The molecule has 0 radical (unpaired) electrons. The van der Waals surface area contributed by atoms with E-state index in [4.69, 9.17) is 10.6 Å². The number of ether oxygens (including phenoxy) is 1. The van der Waals surface area contributed by atoms with Crippen molar-refractivity contribution in [2.75, 3.05) is 13.2 Å². The maximum absolute atomic E-state index is 5.57. The third-order valence-corrected chi connectivity index (χ3v) is 3.87. The molecule has 0 aromatic carbocycles. The minimum Gasteiger partial charge on any atom is -0.382 e. The highest BCUT2D eigenvalue weighted by Crippen LogP contribution is 2.18. The van der Waals surface area contributed by atoms with Crippen LogP contribution in [0.5, 0.6) is 0 Å². The first-order valence-corrected chi connectivity index (χ1v) is 6.95. The van der Waals surface area contributed by atoms with E-state index in [2.05, 4.69) is 24.3 Å². The average molecular weight is 257 g/mol. The Kier molecular flexibility index (Phi) is 6.65. The van der Waals surface area contributed by atoms with Gasteiger partial charge in [-0.2, -0.15) is 0 Å². The molecule has 1 atom stereocenters. The molecular formula is C12H23N3OS. The predicted molar refractivity (Wildman–Crippen MR) is 72.1 cm³/mol. The van der Waals surface area contributed by atoms with Gasteiger partial charge in [-0.25, -0.2) is 4.98 Å².